The summed E-state index contributed by atoms with van der Waals surface area (Å²) in [4.78, 5) is 2.61. The monoisotopic (exact) mass is 139 g/mol. The molecule has 2 rings (SSSR count). The molecule has 0 radical (unpaired) electrons. The second-order valence-corrected chi connectivity index (χ2v) is 3.80. The first kappa shape index (κ1) is 6.66. The Morgan fingerprint density at radius 3 is 2.30 bits per heavy atom. The van der Waals surface area contributed by atoms with Gasteiger partial charge in [0.25, 0.3) is 0 Å². The van der Waals surface area contributed by atoms with Crippen LogP contribution in [0.15, 0.2) is 0 Å². The second-order valence-electron chi connectivity index (χ2n) is 3.80. The van der Waals surface area contributed by atoms with E-state index in [1.165, 1.54) is 38.9 Å². The smallest absolute Gasteiger partial charge is 0.00128 e. The molecule has 0 spiro atoms. The zero-order valence-corrected chi connectivity index (χ0v) is 6.84. The summed E-state index contributed by atoms with van der Waals surface area (Å²) in [5.74, 6) is 2.17. The van der Waals surface area contributed by atoms with Crippen LogP contribution in [-0.4, -0.2) is 24.5 Å². The lowest BCUT2D eigenvalue weighted by Gasteiger charge is -2.12. The molecule has 0 aromatic rings. The SMILES string of the molecule is CCN1CC2CCC[C@H]2C1. The maximum atomic E-state index is 2.61. The van der Waals surface area contributed by atoms with E-state index in [0.717, 1.165) is 11.8 Å². The number of hydrogen-bond acceptors (Lipinski definition) is 1. The molecule has 10 heavy (non-hydrogen) atoms. The standard InChI is InChI=1S/C9H17N/c1-2-10-6-8-4-3-5-9(8)7-10/h8-9H,2-7H2,1H3/t8-,9?/m0/s1. The van der Waals surface area contributed by atoms with E-state index >= 15 is 0 Å². The topological polar surface area (TPSA) is 3.24 Å². The van der Waals surface area contributed by atoms with E-state index in [2.05, 4.69) is 11.8 Å². The predicted molar refractivity (Wildman–Crippen MR) is 42.9 cm³/mol. The van der Waals surface area contributed by atoms with Gasteiger partial charge in [0.2, 0.25) is 0 Å². The van der Waals surface area contributed by atoms with Gasteiger partial charge >= 0.3 is 0 Å². The van der Waals surface area contributed by atoms with Crippen LogP contribution in [0.2, 0.25) is 0 Å². The summed E-state index contributed by atoms with van der Waals surface area (Å²) in [5, 5.41) is 0. The van der Waals surface area contributed by atoms with Gasteiger partial charge in [0.15, 0.2) is 0 Å². The number of nitrogens with zero attached hydrogens (tertiary/aromatic N) is 1. The number of fused-ring (bicyclic) bond motifs is 1. The summed E-state index contributed by atoms with van der Waals surface area (Å²) in [7, 11) is 0. The minimum absolute atomic E-state index is 1.08. The van der Waals surface area contributed by atoms with Gasteiger partial charge in [0, 0.05) is 13.1 Å². The van der Waals surface area contributed by atoms with Crippen LogP contribution >= 0.6 is 0 Å². The van der Waals surface area contributed by atoms with Gasteiger partial charge in [0.05, 0.1) is 0 Å². The molecule has 58 valence electrons. The van der Waals surface area contributed by atoms with Gasteiger partial charge in [-0.1, -0.05) is 13.3 Å². The van der Waals surface area contributed by atoms with Crippen LogP contribution in [0.3, 0.4) is 0 Å². The van der Waals surface area contributed by atoms with E-state index in [4.69, 9.17) is 0 Å². The highest BCUT2D eigenvalue weighted by atomic mass is 15.1. The second kappa shape index (κ2) is 2.54. The summed E-state index contributed by atoms with van der Waals surface area (Å²) in [6.07, 6.45) is 4.54. The highest BCUT2D eigenvalue weighted by Crippen LogP contribution is 2.37. The van der Waals surface area contributed by atoms with Crippen molar-refractivity contribution >= 4 is 0 Å². The van der Waals surface area contributed by atoms with Crippen molar-refractivity contribution in [1.82, 2.24) is 4.90 Å². The summed E-state index contributed by atoms with van der Waals surface area (Å²) in [5.41, 5.74) is 0. The summed E-state index contributed by atoms with van der Waals surface area (Å²) >= 11 is 0. The highest BCUT2D eigenvalue weighted by Gasteiger charge is 2.34. The molecule has 0 bridgehead atoms. The molecule has 1 unspecified atom stereocenters. The highest BCUT2D eigenvalue weighted by molar-refractivity contribution is 4.87. The van der Waals surface area contributed by atoms with E-state index in [1.54, 1.807) is 0 Å². The van der Waals surface area contributed by atoms with Crippen molar-refractivity contribution in [3.05, 3.63) is 0 Å². The maximum absolute atomic E-state index is 2.61. The Balaban J connectivity index is 1.94. The molecular formula is C9H17N. The zero-order chi connectivity index (χ0) is 6.97. The van der Waals surface area contributed by atoms with Crippen LogP contribution in [0.25, 0.3) is 0 Å². The molecule has 1 aliphatic carbocycles. The number of rotatable bonds is 1. The fraction of sp³-hybridized carbons (Fsp3) is 1.00. The maximum Gasteiger partial charge on any atom is 0.00128 e. The first-order valence-electron chi connectivity index (χ1n) is 4.62. The Bertz CT molecular complexity index is 110. The molecule has 0 N–H and O–H groups in total. The zero-order valence-electron chi connectivity index (χ0n) is 6.84. The largest absolute Gasteiger partial charge is 0.303 e. The van der Waals surface area contributed by atoms with Gasteiger partial charge in [0.1, 0.15) is 0 Å². The Hall–Kier alpha value is -0.0400. The lowest BCUT2D eigenvalue weighted by Crippen LogP contribution is -2.20. The van der Waals surface area contributed by atoms with Crippen molar-refractivity contribution in [2.45, 2.75) is 26.2 Å². The molecule has 2 fully saturated rings. The predicted octanol–water partition coefficient (Wildman–Crippen LogP) is 1.74. The third-order valence-corrected chi connectivity index (χ3v) is 3.25. The van der Waals surface area contributed by atoms with Crippen molar-refractivity contribution in [2.75, 3.05) is 19.6 Å². The van der Waals surface area contributed by atoms with Crippen LogP contribution < -0.4 is 0 Å². The first-order chi connectivity index (χ1) is 4.90. The molecule has 1 heteroatoms. The lowest BCUT2D eigenvalue weighted by atomic mass is 10.0. The van der Waals surface area contributed by atoms with E-state index in [-0.39, 0.29) is 0 Å². The molecule has 0 aromatic carbocycles. The molecule has 2 atom stereocenters. The Kier molecular flexibility index (Phi) is 1.69. The molecule has 1 saturated heterocycles. The first-order valence-corrected chi connectivity index (χ1v) is 4.62. The van der Waals surface area contributed by atoms with E-state index in [0.29, 0.717) is 0 Å². The van der Waals surface area contributed by atoms with E-state index in [1.807, 2.05) is 0 Å². The van der Waals surface area contributed by atoms with Crippen molar-refractivity contribution in [3.8, 4) is 0 Å². The van der Waals surface area contributed by atoms with E-state index in [9.17, 15) is 0 Å². The summed E-state index contributed by atoms with van der Waals surface area (Å²) < 4.78 is 0. The van der Waals surface area contributed by atoms with Crippen LogP contribution in [0.5, 0.6) is 0 Å². The molecule has 1 heterocycles. The quantitative estimate of drug-likeness (QED) is 0.535. The van der Waals surface area contributed by atoms with Crippen molar-refractivity contribution in [3.63, 3.8) is 0 Å². The van der Waals surface area contributed by atoms with Crippen LogP contribution in [0.4, 0.5) is 0 Å². The average Bonchev–Trinajstić information content (AvgIpc) is 2.42. The Morgan fingerprint density at radius 2 is 1.80 bits per heavy atom. The number of hydrogen-bond donors (Lipinski definition) is 0. The van der Waals surface area contributed by atoms with Gasteiger partial charge in [-0.15, -0.1) is 0 Å². The molecule has 0 aromatic heterocycles. The van der Waals surface area contributed by atoms with Gasteiger partial charge < -0.3 is 4.90 Å². The molecule has 1 nitrogen and oxygen atoms in total. The molecule has 2 aliphatic rings. The molecule has 0 amide bonds. The van der Waals surface area contributed by atoms with E-state index < -0.39 is 0 Å². The average molecular weight is 139 g/mol. The fourth-order valence-electron chi connectivity index (χ4n) is 2.59. The van der Waals surface area contributed by atoms with Gasteiger partial charge in [-0.2, -0.15) is 0 Å². The Labute approximate surface area is 63.4 Å². The summed E-state index contributed by atoms with van der Waals surface area (Å²) in [6, 6.07) is 0. The minimum Gasteiger partial charge on any atom is -0.303 e. The Morgan fingerprint density at radius 1 is 1.20 bits per heavy atom. The lowest BCUT2D eigenvalue weighted by molar-refractivity contribution is 0.328. The van der Waals surface area contributed by atoms with Crippen LogP contribution in [-0.2, 0) is 0 Å². The molecular weight excluding hydrogens is 122 g/mol. The van der Waals surface area contributed by atoms with Gasteiger partial charge in [-0.3, -0.25) is 0 Å². The van der Waals surface area contributed by atoms with Crippen LogP contribution in [0, 0.1) is 11.8 Å². The van der Waals surface area contributed by atoms with Gasteiger partial charge in [-0.25, -0.2) is 0 Å². The molecule has 1 saturated carbocycles. The third kappa shape index (κ3) is 0.968. The number of likely N-dealkylation sites (tertiary alicyclic amines) is 1. The molecule has 1 aliphatic heterocycles. The van der Waals surface area contributed by atoms with Crippen molar-refractivity contribution in [1.29, 1.82) is 0 Å². The summed E-state index contributed by atoms with van der Waals surface area (Å²) in [6.45, 7) is 6.36. The fourth-order valence-corrected chi connectivity index (χ4v) is 2.59. The normalized spacial score (nSPS) is 40.5. The third-order valence-electron chi connectivity index (χ3n) is 3.25. The van der Waals surface area contributed by atoms with Crippen molar-refractivity contribution in [2.24, 2.45) is 11.8 Å². The van der Waals surface area contributed by atoms with Crippen molar-refractivity contribution < 1.29 is 0 Å². The minimum atomic E-state index is 1.08. The van der Waals surface area contributed by atoms with Crippen LogP contribution in [0.1, 0.15) is 26.2 Å². The van der Waals surface area contributed by atoms with Gasteiger partial charge in [-0.05, 0) is 31.2 Å².